The number of nitrogens with zero attached hydrogens (tertiary/aromatic N) is 3. The number of nitrogens with one attached hydrogen (secondary N) is 2. The topological polar surface area (TPSA) is 114 Å². The molecule has 9 heteroatoms. The van der Waals surface area contributed by atoms with Gasteiger partial charge in [-0.2, -0.15) is 0 Å². The van der Waals surface area contributed by atoms with E-state index in [1.807, 2.05) is 6.92 Å². The zero-order chi connectivity index (χ0) is 15.2. The Morgan fingerprint density at radius 3 is 2.90 bits per heavy atom. The van der Waals surface area contributed by atoms with Gasteiger partial charge in [0, 0.05) is 24.9 Å². The molecule has 0 fully saturated rings. The van der Waals surface area contributed by atoms with Crippen molar-refractivity contribution in [3.8, 4) is 0 Å². The molecule has 0 unspecified atom stereocenters. The van der Waals surface area contributed by atoms with E-state index in [-0.39, 0.29) is 21.4 Å². The second kappa shape index (κ2) is 6.84. The molecule has 0 aliphatic heterocycles. The Balaban J connectivity index is 2.34. The maximum atomic E-state index is 11.2. The molecule has 0 aliphatic rings. The van der Waals surface area contributed by atoms with Crippen LogP contribution in [-0.4, -0.2) is 26.4 Å². The first-order valence-electron chi connectivity index (χ1n) is 6.22. The fourth-order valence-corrected chi connectivity index (χ4v) is 2.33. The Morgan fingerprint density at radius 2 is 2.24 bits per heavy atom. The number of hydrogen-bond donors (Lipinski definition) is 2. The van der Waals surface area contributed by atoms with Gasteiger partial charge in [0.25, 0.3) is 5.56 Å². The minimum Gasteiger partial charge on any atom is -0.370 e. The molecule has 2 heterocycles. The van der Waals surface area contributed by atoms with E-state index in [1.54, 1.807) is 6.07 Å². The minimum atomic E-state index is -0.514. The predicted molar refractivity (Wildman–Crippen MR) is 78.7 cm³/mol. The molecule has 110 valence electrons. The molecule has 0 atom stereocenters. The van der Waals surface area contributed by atoms with Crippen LogP contribution in [0.1, 0.15) is 13.3 Å². The predicted octanol–water partition coefficient (Wildman–Crippen LogP) is 2.05. The van der Waals surface area contributed by atoms with Gasteiger partial charge in [-0.3, -0.25) is 14.9 Å². The molecule has 2 aromatic rings. The summed E-state index contributed by atoms with van der Waals surface area (Å²) in [6, 6.07) is 4.21. The van der Waals surface area contributed by atoms with Gasteiger partial charge in [0.2, 0.25) is 0 Å². The third-order valence-corrected chi connectivity index (χ3v) is 3.33. The molecule has 21 heavy (non-hydrogen) atoms. The highest BCUT2D eigenvalue weighted by Gasteiger charge is 2.18. The van der Waals surface area contributed by atoms with E-state index in [4.69, 9.17) is 0 Å². The fourth-order valence-electron chi connectivity index (χ4n) is 1.49. The van der Waals surface area contributed by atoms with Gasteiger partial charge in [-0.1, -0.05) is 6.92 Å². The van der Waals surface area contributed by atoms with Crippen LogP contribution >= 0.6 is 11.8 Å². The van der Waals surface area contributed by atoms with Gasteiger partial charge in [-0.25, -0.2) is 9.97 Å². The SMILES string of the molecule is CCCNc1ccc([N+](=O)[O-])c(Sc2nccc(=O)[nH]2)n1. The van der Waals surface area contributed by atoms with Crippen LogP contribution in [0.4, 0.5) is 11.5 Å². The summed E-state index contributed by atoms with van der Waals surface area (Å²) in [5.41, 5.74) is -0.455. The van der Waals surface area contributed by atoms with Crippen molar-refractivity contribution >= 4 is 23.3 Å². The van der Waals surface area contributed by atoms with Gasteiger partial charge >= 0.3 is 5.69 Å². The molecule has 0 saturated carbocycles. The van der Waals surface area contributed by atoms with Crippen molar-refractivity contribution in [3.05, 3.63) is 44.9 Å². The molecule has 0 aliphatic carbocycles. The molecule has 0 amide bonds. The van der Waals surface area contributed by atoms with Crippen molar-refractivity contribution in [1.82, 2.24) is 15.0 Å². The van der Waals surface area contributed by atoms with E-state index >= 15 is 0 Å². The maximum absolute atomic E-state index is 11.2. The van der Waals surface area contributed by atoms with Gasteiger partial charge in [0.05, 0.1) is 4.92 Å². The van der Waals surface area contributed by atoms with Crippen LogP contribution in [0.5, 0.6) is 0 Å². The molecule has 2 N–H and O–H groups in total. The number of aromatic amines is 1. The van der Waals surface area contributed by atoms with Crippen LogP contribution in [0, 0.1) is 10.1 Å². The lowest BCUT2D eigenvalue weighted by atomic mass is 10.4. The average molecular weight is 307 g/mol. The zero-order valence-corrected chi connectivity index (χ0v) is 12.0. The normalized spacial score (nSPS) is 10.3. The van der Waals surface area contributed by atoms with Crippen molar-refractivity contribution in [2.45, 2.75) is 23.5 Å². The Morgan fingerprint density at radius 1 is 1.43 bits per heavy atom. The molecule has 0 spiro atoms. The van der Waals surface area contributed by atoms with Crippen LogP contribution in [0.2, 0.25) is 0 Å². The van der Waals surface area contributed by atoms with Crippen molar-refractivity contribution in [1.29, 1.82) is 0 Å². The van der Waals surface area contributed by atoms with Gasteiger partial charge in [0.15, 0.2) is 10.2 Å². The van der Waals surface area contributed by atoms with E-state index in [2.05, 4.69) is 20.3 Å². The molecular weight excluding hydrogens is 294 g/mol. The lowest BCUT2D eigenvalue weighted by molar-refractivity contribution is -0.388. The van der Waals surface area contributed by atoms with E-state index in [0.717, 1.165) is 24.7 Å². The first-order valence-corrected chi connectivity index (χ1v) is 7.04. The zero-order valence-electron chi connectivity index (χ0n) is 11.2. The fraction of sp³-hybridized carbons (Fsp3) is 0.250. The molecule has 0 bridgehead atoms. The first kappa shape index (κ1) is 15.0. The molecular formula is C12H13N5O3S. The quantitative estimate of drug-likeness (QED) is 0.477. The largest absolute Gasteiger partial charge is 0.370 e. The van der Waals surface area contributed by atoms with Crippen LogP contribution in [-0.2, 0) is 0 Å². The number of pyridine rings is 1. The highest BCUT2D eigenvalue weighted by atomic mass is 32.2. The van der Waals surface area contributed by atoms with Gasteiger partial charge in [-0.15, -0.1) is 0 Å². The summed E-state index contributed by atoms with van der Waals surface area (Å²) in [6.07, 6.45) is 2.25. The van der Waals surface area contributed by atoms with Crippen molar-refractivity contribution < 1.29 is 4.92 Å². The van der Waals surface area contributed by atoms with Crippen LogP contribution < -0.4 is 10.9 Å². The summed E-state index contributed by atoms with van der Waals surface area (Å²) in [5.74, 6) is 0.545. The highest BCUT2D eigenvalue weighted by molar-refractivity contribution is 7.99. The summed E-state index contributed by atoms with van der Waals surface area (Å²) in [5, 5.41) is 14.5. The van der Waals surface area contributed by atoms with Gasteiger partial charge in [0.1, 0.15) is 5.82 Å². The first-order chi connectivity index (χ1) is 10.1. The number of nitro groups is 1. The van der Waals surface area contributed by atoms with E-state index in [0.29, 0.717) is 5.82 Å². The third-order valence-electron chi connectivity index (χ3n) is 2.43. The molecule has 8 nitrogen and oxygen atoms in total. The van der Waals surface area contributed by atoms with Crippen molar-refractivity contribution in [2.24, 2.45) is 0 Å². The molecule has 0 radical (unpaired) electrons. The summed E-state index contributed by atoms with van der Waals surface area (Å²) < 4.78 is 0. The number of hydrogen-bond acceptors (Lipinski definition) is 7. The number of H-pyrrole nitrogens is 1. The van der Waals surface area contributed by atoms with Crippen LogP contribution in [0.25, 0.3) is 0 Å². The highest BCUT2D eigenvalue weighted by Crippen LogP contribution is 2.31. The Kier molecular flexibility index (Phi) is 4.88. The number of anilines is 1. The second-order valence-electron chi connectivity index (χ2n) is 4.05. The number of aromatic nitrogens is 3. The van der Waals surface area contributed by atoms with Crippen LogP contribution in [0.15, 0.2) is 39.4 Å². The summed E-state index contributed by atoms with van der Waals surface area (Å²) in [7, 11) is 0. The maximum Gasteiger partial charge on any atom is 0.301 e. The molecule has 0 aromatic carbocycles. The Hall–Kier alpha value is -2.42. The monoisotopic (exact) mass is 307 g/mol. The second-order valence-corrected chi connectivity index (χ2v) is 5.02. The molecule has 0 saturated heterocycles. The third kappa shape index (κ3) is 4.02. The van der Waals surface area contributed by atoms with Gasteiger partial charge < -0.3 is 10.3 Å². The van der Waals surface area contributed by atoms with E-state index < -0.39 is 4.92 Å². The lowest BCUT2D eigenvalue weighted by Gasteiger charge is -2.06. The summed E-state index contributed by atoms with van der Waals surface area (Å²) in [6.45, 7) is 2.72. The minimum absolute atomic E-state index is 0.131. The van der Waals surface area contributed by atoms with Crippen molar-refractivity contribution in [2.75, 3.05) is 11.9 Å². The smallest absolute Gasteiger partial charge is 0.301 e. The standard InChI is InChI=1S/C12H13N5O3S/c1-2-6-13-9-4-3-8(17(19)20)11(15-9)21-12-14-7-5-10(18)16-12/h3-5,7H,2,6H2,1H3,(H,13,15)(H,14,16,18). The molecule has 2 aromatic heterocycles. The van der Waals surface area contributed by atoms with E-state index in [1.165, 1.54) is 18.3 Å². The summed E-state index contributed by atoms with van der Waals surface area (Å²) >= 11 is 0.945. The average Bonchev–Trinajstić information content (AvgIpc) is 2.45. The Bertz CT molecular complexity index is 703. The lowest BCUT2D eigenvalue weighted by Crippen LogP contribution is -2.06. The van der Waals surface area contributed by atoms with Crippen LogP contribution in [0.3, 0.4) is 0 Å². The number of rotatable bonds is 6. The van der Waals surface area contributed by atoms with Gasteiger partial charge in [-0.05, 0) is 24.2 Å². The summed E-state index contributed by atoms with van der Waals surface area (Å²) in [4.78, 5) is 32.4. The Labute approximate surface area is 124 Å². The molecule has 2 rings (SSSR count). The van der Waals surface area contributed by atoms with Crippen molar-refractivity contribution in [3.63, 3.8) is 0 Å². The van der Waals surface area contributed by atoms with E-state index in [9.17, 15) is 14.9 Å².